The van der Waals surface area contributed by atoms with Crippen LogP contribution in [0.1, 0.15) is 54.1 Å². The van der Waals surface area contributed by atoms with E-state index < -0.39 is 10.0 Å². The molecule has 0 unspecified atom stereocenters. The van der Waals surface area contributed by atoms with Crippen LogP contribution in [0.2, 0.25) is 0 Å². The Bertz CT molecular complexity index is 1500. The lowest BCUT2D eigenvalue weighted by molar-refractivity contribution is 0.0985. The highest BCUT2D eigenvalue weighted by molar-refractivity contribution is 7.89. The maximum absolute atomic E-state index is 13.8. The van der Waals surface area contributed by atoms with E-state index in [9.17, 15) is 13.2 Å². The number of aromatic nitrogens is 2. The molecule has 0 N–H and O–H groups in total. The van der Waals surface area contributed by atoms with Crippen LogP contribution < -0.4 is 4.90 Å². The molecule has 1 fully saturated rings. The van der Waals surface area contributed by atoms with E-state index in [1.54, 1.807) is 36.5 Å². The zero-order valence-electron chi connectivity index (χ0n) is 20.5. The molecule has 1 amide bonds. The number of amides is 1. The predicted octanol–water partition coefficient (Wildman–Crippen LogP) is 5.44. The van der Waals surface area contributed by atoms with Gasteiger partial charge >= 0.3 is 0 Å². The summed E-state index contributed by atoms with van der Waals surface area (Å²) in [5.74, 6) is 0.0536. The van der Waals surface area contributed by atoms with Crippen molar-refractivity contribution in [3.8, 4) is 0 Å². The first kappa shape index (κ1) is 24.5. The molecule has 1 saturated carbocycles. The standard InChI is InChI=1S/C27H28N4O3S2/c1-18(2)23-7-4-8-24-25(23)29-27(35-24)31(17-19-6-5-15-28-16-19)26(32)20-9-13-22(14-10-20)36(33,34)30(3)21-11-12-21/h4-10,13-16,18,21H,11-12,17H2,1-3H3. The number of carbonyl (C=O) groups is 1. The zero-order chi connectivity index (χ0) is 25.4. The number of pyridine rings is 1. The zero-order valence-corrected chi connectivity index (χ0v) is 22.1. The Morgan fingerprint density at radius 3 is 2.47 bits per heavy atom. The van der Waals surface area contributed by atoms with Crippen LogP contribution in [-0.2, 0) is 16.6 Å². The molecule has 0 bridgehead atoms. The largest absolute Gasteiger partial charge is 0.279 e. The van der Waals surface area contributed by atoms with Gasteiger partial charge in [0, 0.05) is 31.0 Å². The summed E-state index contributed by atoms with van der Waals surface area (Å²) in [5, 5.41) is 0.595. The van der Waals surface area contributed by atoms with Gasteiger partial charge in [0.2, 0.25) is 10.0 Å². The van der Waals surface area contributed by atoms with Gasteiger partial charge in [0.15, 0.2) is 5.13 Å². The van der Waals surface area contributed by atoms with Gasteiger partial charge in [-0.3, -0.25) is 14.7 Å². The van der Waals surface area contributed by atoms with Crippen molar-refractivity contribution in [2.75, 3.05) is 11.9 Å². The van der Waals surface area contributed by atoms with Gasteiger partial charge in [-0.05, 0) is 66.3 Å². The van der Waals surface area contributed by atoms with Gasteiger partial charge in [0.1, 0.15) is 0 Å². The average Bonchev–Trinajstić information content (AvgIpc) is 3.64. The van der Waals surface area contributed by atoms with Crippen molar-refractivity contribution in [2.24, 2.45) is 0 Å². The highest BCUT2D eigenvalue weighted by Crippen LogP contribution is 2.35. The number of rotatable bonds is 8. The fourth-order valence-electron chi connectivity index (χ4n) is 4.17. The molecule has 0 atom stereocenters. The third kappa shape index (κ3) is 4.78. The molecule has 9 heteroatoms. The monoisotopic (exact) mass is 520 g/mol. The SMILES string of the molecule is CC(C)c1cccc2sc(N(Cc3cccnc3)C(=O)c3ccc(S(=O)(=O)N(C)C4CC4)cc3)nc12. The summed E-state index contributed by atoms with van der Waals surface area (Å²) in [6.07, 6.45) is 5.20. The van der Waals surface area contributed by atoms with Crippen LogP contribution in [0, 0.1) is 0 Å². The summed E-state index contributed by atoms with van der Waals surface area (Å²) in [6.45, 7) is 4.55. The summed E-state index contributed by atoms with van der Waals surface area (Å²) < 4.78 is 28.2. The first-order valence-corrected chi connectivity index (χ1v) is 14.2. The van der Waals surface area contributed by atoms with Crippen LogP contribution >= 0.6 is 11.3 Å². The van der Waals surface area contributed by atoms with Gasteiger partial charge in [-0.25, -0.2) is 13.4 Å². The molecule has 0 spiro atoms. The van der Waals surface area contributed by atoms with E-state index in [-0.39, 0.29) is 16.8 Å². The van der Waals surface area contributed by atoms with E-state index >= 15 is 0 Å². The molecular weight excluding hydrogens is 492 g/mol. The van der Waals surface area contributed by atoms with Gasteiger partial charge in [-0.1, -0.05) is 43.4 Å². The normalized spacial score (nSPS) is 14.0. The smallest absolute Gasteiger partial charge is 0.260 e. The third-order valence-electron chi connectivity index (χ3n) is 6.44. The summed E-state index contributed by atoms with van der Waals surface area (Å²) >= 11 is 1.47. The number of fused-ring (bicyclic) bond motifs is 1. The van der Waals surface area contributed by atoms with Gasteiger partial charge in [-0.15, -0.1) is 0 Å². The van der Waals surface area contributed by atoms with Crippen LogP contribution in [0.25, 0.3) is 10.2 Å². The second-order valence-electron chi connectivity index (χ2n) is 9.37. The lowest BCUT2D eigenvalue weighted by Gasteiger charge is -2.20. The van der Waals surface area contributed by atoms with Crippen LogP contribution in [0.4, 0.5) is 5.13 Å². The minimum atomic E-state index is -3.58. The number of hydrogen-bond donors (Lipinski definition) is 0. The van der Waals surface area contributed by atoms with E-state index in [2.05, 4.69) is 24.9 Å². The number of hydrogen-bond acceptors (Lipinski definition) is 6. The van der Waals surface area contributed by atoms with E-state index in [1.165, 1.54) is 27.8 Å². The minimum absolute atomic E-state index is 0.0704. The molecule has 0 saturated heterocycles. The molecule has 0 aliphatic heterocycles. The molecule has 1 aliphatic carbocycles. The molecule has 2 heterocycles. The Kier molecular flexibility index (Phi) is 6.63. The Hall–Kier alpha value is -3.14. The number of anilines is 1. The van der Waals surface area contributed by atoms with Gasteiger partial charge in [-0.2, -0.15) is 4.31 Å². The maximum atomic E-state index is 13.8. The van der Waals surface area contributed by atoms with Crippen LogP contribution in [-0.4, -0.2) is 41.7 Å². The summed E-state index contributed by atoms with van der Waals surface area (Å²) in [7, 11) is -1.97. The minimum Gasteiger partial charge on any atom is -0.279 e. The number of benzene rings is 2. The molecular formula is C27H28N4O3S2. The molecule has 5 rings (SSSR count). The molecule has 0 radical (unpaired) electrons. The Morgan fingerprint density at radius 2 is 1.83 bits per heavy atom. The van der Waals surface area contributed by atoms with E-state index in [1.807, 2.05) is 24.3 Å². The molecule has 7 nitrogen and oxygen atoms in total. The number of para-hydroxylation sites is 1. The van der Waals surface area contributed by atoms with Crippen molar-refractivity contribution in [3.63, 3.8) is 0 Å². The number of carbonyl (C=O) groups excluding carboxylic acids is 1. The maximum Gasteiger partial charge on any atom is 0.260 e. The van der Waals surface area contributed by atoms with Crippen LogP contribution in [0.3, 0.4) is 0 Å². The topological polar surface area (TPSA) is 83.5 Å². The number of nitrogens with zero attached hydrogens (tertiary/aromatic N) is 4. The van der Waals surface area contributed by atoms with Crippen molar-refractivity contribution < 1.29 is 13.2 Å². The Morgan fingerprint density at radius 1 is 1.08 bits per heavy atom. The summed E-state index contributed by atoms with van der Waals surface area (Å²) in [5.41, 5.74) is 3.31. The number of thiazole rings is 1. The quantitative estimate of drug-likeness (QED) is 0.309. The Balaban J connectivity index is 1.51. The Labute approximate surface area is 215 Å². The second kappa shape index (κ2) is 9.72. The summed E-state index contributed by atoms with van der Waals surface area (Å²) in [4.78, 5) is 24.7. The molecule has 186 valence electrons. The van der Waals surface area contributed by atoms with Gasteiger partial charge in [0.05, 0.1) is 21.7 Å². The molecule has 4 aromatic rings. The fraction of sp³-hybridized carbons (Fsp3) is 0.296. The highest BCUT2D eigenvalue weighted by Gasteiger charge is 2.35. The lowest BCUT2D eigenvalue weighted by atomic mass is 10.0. The van der Waals surface area contributed by atoms with Crippen molar-refractivity contribution in [2.45, 2.75) is 50.1 Å². The fourth-order valence-corrected chi connectivity index (χ4v) is 6.58. The lowest BCUT2D eigenvalue weighted by Crippen LogP contribution is -2.31. The van der Waals surface area contributed by atoms with Crippen LogP contribution in [0.15, 0.2) is 71.9 Å². The first-order valence-electron chi connectivity index (χ1n) is 11.9. The van der Waals surface area contributed by atoms with Crippen molar-refractivity contribution >= 4 is 42.6 Å². The first-order chi connectivity index (χ1) is 17.3. The number of sulfonamides is 1. The van der Waals surface area contributed by atoms with E-state index in [0.717, 1.165) is 34.2 Å². The van der Waals surface area contributed by atoms with Crippen molar-refractivity contribution in [1.29, 1.82) is 0 Å². The predicted molar refractivity (Wildman–Crippen MR) is 143 cm³/mol. The van der Waals surface area contributed by atoms with Crippen molar-refractivity contribution in [1.82, 2.24) is 14.3 Å². The molecule has 36 heavy (non-hydrogen) atoms. The third-order valence-corrected chi connectivity index (χ3v) is 9.41. The second-order valence-corrected chi connectivity index (χ2v) is 12.4. The molecule has 1 aliphatic rings. The molecule has 2 aromatic heterocycles. The van der Waals surface area contributed by atoms with Crippen molar-refractivity contribution in [3.05, 3.63) is 83.7 Å². The summed E-state index contributed by atoms with van der Waals surface area (Å²) in [6, 6.07) is 16.1. The van der Waals surface area contributed by atoms with Crippen LogP contribution in [0.5, 0.6) is 0 Å². The average molecular weight is 521 g/mol. The van der Waals surface area contributed by atoms with E-state index in [0.29, 0.717) is 23.2 Å². The van der Waals surface area contributed by atoms with Gasteiger partial charge < -0.3 is 0 Å². The van der Waals surface area contributed by atoms with Gasteiger partial charge in [0.25, 0.3) is 5.91 Å². The van der Waals surface area contributed by atoms with E-state index in [4.69, 9.17) is 4.98 Å². The highest BCUT2D eigenvalue weighted by atomic mass is 32.2. The molecule has 2 aromatic carbocycles.